The maximum Gasteiger partial charge on any atom is 0.335 e. The van der Waals surface area contributed by atoms with Gasteiger partial charge < -0.3 is 9.84 Å². The van der Waals surface area contributed by atoms with E-state index in [9.17, 15) is 19.5 Å². The third-order valence-corrected chi connectivity index (χ3v) is 4.00. The Morgan fingerprint density at radius 2 is 1.96 bits per heavy atom. The zero-order valence-corrected chi connectivity index (χ0v) is 15.0. The Balaban J connectivity index is 2.00. The van der Waals surface area contributed by atoms with E-state index in [4.69, 9.17) is 16.3 Å². The number of anilines is 1. The van der Waals surface area contributed by atoms with Gasteiger partial charge in [0.1, 0.15) is 5.57 Å². The van der Waals surface area contributed by atoms with Crippen molar-refractivity contribution in [3.8, 4) is 11.5 Å². The molecule has 1 saturated heterocycles. The number of rotatable bonds is 4. The number of benzene rings is 2. The fraction of sp³-hybridized carbons (Fsp3) is 0.105. The standard InChI is InChI=1S/C19H15ClN2O5/c1-2-27-16-9-11(6-7-15(16)23)8-14-17(24)21-19(26)22(18(14)25)13-5-3-4-12(20)10-13/h3-10,23H,2H2,1H3,(H,21,24,26). The van der Waals surface area contributed by atoms with Gasteiger partial charge in [0.25, 0.3) is 11.8 Å². The van der Waals surface area contributed by atoms with Crippen molar-refractivity contribution in [2.75, 3.05) is 11.5 Å². The SMILES string of the molecule is CCOc1cc(C=C2C(=O)NC(=O)N(c3cccc(Cl)c3)C2=O)ccc1O. The Bertz CT molecular complexity index is 970. The van der Waals surface area contributed by atoms with Gasteiger partial charge in [-0.3, -0.25) is 14.9 Å². The van der Waals surface area contributed by atoms with Crippen LogP contribution in [0.2, 0.25) is 5.02 Å². The summed E-state index contributed by atoms with van der Waals surface area (Å²) in [5.74, 6) is -1.43. The molecule has 0 spiro atoms. The summed E-state index contributed by atoms with van der Waals surface area (Å²) in [5.41, 5.74) is 0.460. The minimum atomic E-state index is -0.856. The summed E-state index contributed by atoms with van der Waals surface area (Å²) in [6.45, 7) is 2.10. The molecule has 2 aromatic rings. The van der Waals surface area contributed by atoms with Gasteiger partial charge in [0, 0.05) is 5.02 Å². The first-order valence-electron chi connectivity index (χ1n) is 8.03. The first-order valence-corrected chi connectivity index (χ1v) is 8.41. The number of amides is 4. The van der Waals surface area contributed by atoms with E-state index in [1.807, 2.05) is 0 Å². The van der Waals surface area contributed by atoms with Gasteiger partial charge in [-0.25, -0.2) is 9.69 Å². The number of urea groups is 1. The number of barbiturate groups is 1. The van der Waals surface area contributed by atoms with Gasteiger partial charge in [-0.2, -0.15) is 0 Å². The van der Waals surface area contributed by atoms with Crippen molar-refractivity contribution in [1.82, 2.24) is 5.32 Å². The van der Waals surface area contributed by atoms with Crippen LogP contribution in [0.5, 0.6) is 11.5 Å². The van der Waals surface area contributed by atoms with Gasteiger partial charge in [0.15, 0.2) is 11.5 Å². The van der Waals surface area contributed by atoms with E-state index >= 15 is 0 Å². The second-order valence-corrected chi connectivity index (χ2v) is 6.03. The van der Waals surface area contributed by atoms with Crippen LogP contribution in [0.1, 0.15) is 12.5 Å². The van der Waals surface area contributed by atoms with E-state index < -0.39 is 17.8 Å². The normalized spacial score (nSPS) is 15.9. The van der Waals surface area contributed by atoms with Crippen LogP contribution in [0, 0.1) is 0 Å². The maximum atomic E-state index is 12.8. The van der Waals surface area contributed by atoms with Gasteiger partial charge in [-0.1, -0.05) is 23.7 Å². The van der Waals surface area contributed by atoms with E-state index in [1.165, 1.54) is 36.4 Å². The summed E-state index contributed by atoms with van der Waals surface area (Å²) < 4.78 is 5.30. The van der Waals surface area contributed by atoms with Crippen molar-refractivity contribution in [1.29, 1.82) is 0 Å². The molecular formula is C19H15ClN2O5. The minimum absolute atomic E-state index is 0.0610. The van der Waals surface area contributed by atoms with Gasteiger partial charge in [0.05, 0.1) is 12.3 Å². The zero-order chi connectivity index (χ0) is 19.6. The first kappa shape index (κ1) is 18.5. The third-order valence-electron chi connectivity index (χ3n) is 3.76. The monoisotopic (exact) mass is 386 g/mol. The molecule has 7 nitrogen and oxygen atoms in total. The molecule has 0 unspecified atom stereocenters. The lowest BCUT2D eigenvalue weighted by molar-refractivity contribution is -0.122. The van der Waals surface area contributed by atoms with Gasteiger partial charge in [-0.15, -0.1) is 0 Å². The highest BCUT2D eigenvalue weighted by Crippen LogP contribution is 2.29. The molecule has 1 fully saturated rings. The molecule has 2 N–H and O–H groups in total. The van der Waals surface area contributed by atoms with Gasteiger partial charge in [0.2, 0.25) is 0 Å². The highest BCUT2D eigenvalue weighted by molar-refractivity contribution is 6.39. The van der Waals surface area contributed by atoms with E-state index in [-0.39, 0.29) is 22.8 Å². The number of hydrogen-bond acceptors (Lipinski definition) is 5. The third kappa shape index (κ3) is 3.78. The lowest BCUT2D eigenvalue weighted by Crippen LogP contribution is -2.54. The van der Waals surface area contributed by atoms with Crippen LogP contribution >= 0.6 is 11.6 Å². The predicted molar refractivity (Wildman–Crippen MR) is 99.7 cm³/mol. The van der Waals surface area contributed by atoms with Crippen LogP contribution in [0.3, 0.4) is 0 Å². The Morgan fingerprint density at radius 1 is 1.19 bits per heavy atom. The van der Waals surface area contributed by atoms with Crippen molar-refractivity contribution >= 4 is 41.2 Å². The molecule has 27 heavy (non-hydrogen) atoms. The Morgan fingerprint density at radius 3 is 2.67 bits per heavy atom. The molecule has 0 aliphatic carbocycles. The quantitative estimate of drug-likeness (QED) is 0.621. The summed E-state index contributed by atoms with van der Waals surface area (Å²) in [6.07, 6.45) is 1.32. The fourth-order valence-electron chi connectivity index (χ4n) is 2.57. The number of phenols is 1. The molecule has 4 amide bonds. The van der Waals surface area contributed by atoms with E-state index in [0.717, 1.165) is 4.90 Å². The highest BCUT2D eigenvalue weighted by atomic mass is 35.5. The first-order chi connectivity index (χ1) is 12.9. The summed E-state index contributed by atoms with van der Waals surface area (Å²) >= 11 is 5.93. The predicted octanol–water partition coefficient (Wildman–Crippen LogP) is 3.11. The van der Waals surface area contributed by atoms with Crippen LogP contribution in [0.25, 0.3) is 6.08 Å². The molecule has 2 aromatic carbocycles. The van der Waals surface area contributed by atoms with E-state index in [2.05, 4.69) is 5.32 Å². The number of halogens is 1. The number of nitrogens with one attached hydrogen (secondary N) is 1. The summed E-state index contributed by atoms with van der Waals surface area (Å²) in [6, 6.07) is 9.72. The van der Waals surface area contributed by atoms with Crippen LogP contribution in [-0.4, -0.2) is 29.6 Å². The van der Waals surface area contributed by atoms with Crippen molar-refractivity contribution < 1.29 is 24.2 Å². The molecule has 0 bridgehead atoms. The number of imide groups is 2. The van der Waals surface area contributed by atoms with Gasteiger partial charge in [-0.05, 0) is 48.9 Å². The van der Waals surface area contributed by atoms with Crippen LogP contribution in [0.15, 0.2) is 48.0 Å². The molecule has 138 valence electrons. The summed E-state index contributed by atoms with van der Waals surface area (Å²) in [4.78, 5) is 38.0. The van der Waals surface area contributed by atoms with Crippen LogP contribution in [-0.2, 0) is 9.59 Å². The molecule has 1 heterocycles. The van der Waals surface area contributed by atoms with Crippen molar-refractivity contribution in [2.24, 2.45) is 0 Å². The molecule has 1 aliphatic rings. The fourth-order valence-corrected chi connectivity index (χ4v) is 2.75. The van der Waals surface area contributed by atoms with Crippen molar-refractivity contribution in [2.45, 2.75) is 6.92 Å². The molecule has 8 heteroatoms. The average molecular weight is 387 g/mol. The number of phenolic OH excluding ortho intramolecular Hbond substituents is 1. The van der Waals surface area contributed by atoms with Crippen molar-refractivity contribution in [3.05, 3.63) is 58.6 Å². The second kappa shape index (κ2) is 7.51. The Hall–Kier alpha value is -3.32. The van der Waals surface area contributed by atoms with E-state index in [0.29, 0.717) is 17.2 Å². The zero-order valence-electron chi connectivity index (χ0n) is 14.2. The lowest BCUT2D eigenvalue weighted by Gasteiger charge is -2.26. The number of nitrogens with zero attached hydrogens (tertiary/aromatic N) is 1. The highest BCUT2D eigenvalue weighted by Gasteiger charge is 2.36. The van der Waals surface area contributed by atoms with Crippen LogP contribution < -0.4 is 15.0 Å². The summed E-state index contributed by atoms with van der Waals surface area (Å²) in [5, 5.41) is 12.2. The second-order valence-electron chi connectivity index (χ2n) is 5.60. The number of ether oxygens (including phenoxy) is 1. The molecule has 0 aromatic heterocycles. The number of carbonyl (C=O) groups is 3. The Kier molecular flexibility index (Phi) is 5.14. The average Bonchev–Trinajstić information content (AvgIpc) is 2.61. The topological polar surface area (TPSA) is 95.9 Å². The number of hydrogen-bond donors (Lipinski definition) is 2. The lowest BCUT2D eigenvalue weighted by atomic mass is 10.1. The summed E-state index contributed by atoms with van der Waals surface area (Å²) in [7, 11) is 0. The van der Waals surface area contributed by atoms with E-state index in [1.54, 1.807) is 19.1 Å². The molecule has 3 rings (SSSR count). The maximum absolute atomic E-state index is 12.8. The van der Waals surface area contributed by atoms with Crippen molar-refractivity contribution in [3.63, 3.8) is 0 Å². The molecule has 1 aliphatic heterocycles. The molecular weight excluding hydrogens is 372 g/mol. The van der Waals surface area contributed by atoms with Crippen LogP contribution in [0.4, 0.5) is 10.5 Å². The molecule has 0 atom stereocenters. The molecule has 0 saturated carbocycles. The Labute approximate surface area is 159 Å². The smallest absolute Gasteiger partial charge is 0.335 e. The van der Waals surface area contributed by atoms with Gasteiger partial charge >= 0.3 is 6.03 Å². The largest absolute Gasteiger partial charge is 0.504 e. The minimum Gasteiger partial charge on any atom is -0.504 e. The number of carbonyl (C=O) groups excluding carboxylic acids is 3. The number of aromatic hydroxyl groups is 1. The molecule has 0 radical (unpaired) electrons.